The number of hydrogen-bond acceptors (Lipinski definition) is 1. The Hall–Kier alpha value is -0.0400. The first-order valence-corrected chi connectivity index (χ1v) is 3.99. The first-order valence-electron chi connectivity index (χ1n) is 3.99. The van der Waals surface area contributed by atoms with Crippen molar-refractivity contribution in [2.24, 2.45) is 11.8 Å². The van der Waals surface area contributed by atoms with Crippen molar-refractivity contribution in [3.05, 3.63) is 0 Å². The van der Waals surface area contributed by atoms with Crippen LogP contribution in [0.4, 0.5) is 0 Å². The van der Waals surface area contributed by atoms with Crippen LogP contribution in [0, 0.1) is 11.8 Å². The lowest BCUT2D eigenvalue weighted by Gasteiger charge is -1.92. The lowest BCUT2D eigenvalue weighted by molar-refractivity contribution is 0.276. The molecule has 0 bridgehead atoms. The van der Waals surface area contributed by atoms with Gasteiger partial charge in [-0.3, -0.25) is 0 Å². The van der Waals surface area contributed by atoms with E-state index in [0.717, 1.165) is 18.3 Å². The molecule has 1 nitrogen and oxygen atoms in total. The molecule has 0 spiro atoms. The highest BCUT2D eigenvalue weighted by Crippen LogP contribution is 2.43. The van der Waals surface area contributed by atoms with Gasteiger partial charge in [-0.25, -0.2) is 0 Å². The number of aliphatic hydroxyl groups is 1. The molecule has 1 heteroatoms. The van der Waals surface area contributed by atoms with Crippen molar-refractivity contribution in [1.82, 2.24) is 0 Å². The van der Waals surface area contributed by atoms with Crippen LogP contribution >= 0.6 is 0 Å². The molecule has 0 amide bonds. The fraction of sp³-hybridized carbons (Fsp3) is 1.00. The second-order valence-electron chi connectivity index (χ2n) is 3.06. The van der Waals surface area contributed by atoms with Crippen LogP contribution in [0.15, 0.2) is 0 Å². The van der Waals surface area contributed by atoms with Crippen LogP contribution in [0.1, 0.15) is 32.6 Å². The topological polar surface area (TPSA) is 20.2 Å². The van der Waals surface area contributed by atoms with Crippen LogP contribution in [0.25, 0.3) is 0 Å². The fourth-order valence-corrected chi connectivity index (χ4v) is 1.55. The molecule has 1 aliphatic carbocycles. The van der Waals surface area contributed by atoms with Gasteiger partial charge in [0.15, 0.2) is 0 Å². The fourth-order valence-electron chi connectivity index (χ4n) is 1.55. The lowest BCUT2D eigenvalue weighted by atomic mass is 10.2. The molecule has 0 aromatic carbocycles. The molecule has 1 fully saturated rings. The summed E-state index contributed by atoms with van der Waals surface area (Å²) in [5.41, 5.74) is 0. The first-order chi connectivity index (χ1) is 4.38. The lowest BCUT2D eigenvalue weighted by Crippen LogP contribution is -1.86. The quantitative estimate of drug-likeness (QED) is 0.612. The van der Waals surface area contributed by atoms with Crippen molar-refractivity contribution in [3.8, 4) is 0 Å². The minimum Gasteiger partial charge on any atom is -0.396 e. The third kappa shape index (κ3) is 1.98. The molecule has 1 rings (SSSR count). The third-order valence-electron chi connectivity index (χ3n) is 2.23. The minimum absolute atomic E-state index is 0.394. The zero-order valence-electron chi connectivity index (χ0n) is 6.14. The Labute approximate surface area is 57.1 Å². The Morgan fingerprint density at radius 2 is 2.00 bits per heavy atom. The third-order valence-corrected chi connectivity index (χ3v) is 2.23. The summed E-state index contributed by atoms with van der Waals surface area (Å²) in [5, 5.41) is 8.56. The number of aliphatic hydroxyl groups excluding tert-OH is 1. The summed E-state index contributed by atoms with van der Waals surface area (Å²) in [4.78, 5) is 0. The van der Waals surface area contributed by atoms with E-state index in [0.29, 0.717) is 6.61 Å². The van der Waals surface area contributed by atoms with E-state index in [4.69, 9.17) is 5.11 Å². The van der Waals surface area contributed by atoms with Gasteiger partial charge in [0.1, 0.15) is 0 Å². The summed E-state index contributed by atoms with van der Waals surface area (Å²) in [6.45, 7) is 2.62. The van der Waals surface area contributed by atoms with Crippen molar-refractivity contribution in [1.29, 1.82) is 0 Å². The molecule has 1 saturated carbocycles. The molecule has 54 valence electrons. The maximum Gasteiger partial charge on any atom is 0.0433 e. The molecule has 0 saturated heterocycles. The Morgan fingerprint density at radius 3 is 2.56 bits per heavy atom. The highest BCUT2D eigenvalue weighted by molar-refractivity contribution is 4.84. The van der Waals surface area contributed by atoms with Gasteiger partial charge in [0.25, 0.3) is 0 Å². The van der Waals surface area contributed by atoms with Crippen LogP contribution < -0.4 is 0 Å². The summed E-state index contributed by atoms with van der Waals surface area (Å²) >= 11 is 0. The van der Waals surface area contributed by atoms with Gasteiger partial charge < -0.3 is 5.11 Å². The van der Waals surface area contributed by atoms with Gasteiger partial charge in [0, 0.05) is 6.61 Å². The van der Waals surface area contributed by atoms with Crippen LogP contribution in [0.5, 0.6) is 0 Å². The molecule has 9 heavy (non-hydrogen) atoms. The minimum atomic E-state index is 0.394. The van der Waals surface area contributed by atoms with Crippen molar-refractivity contribution in [2.45, 2.75) is 32.6 Å². The number of hydrogen-bond donors (Lipinski definition) is 1. The Morgan fingerprint density at radius 1 is 1.33 bits per heavy atom. The van der Waals surface area contributed by atoms with Crippen molar-refractivity contribution >= 4 is 0 Å². The maximum absolute atomic E-state index is 8.56. The van der Waals surface area contributed by atoms with Crippen LogP contribution in [-0.4, -0.2) is 11.7 Å². The Balaban J connectivity index is 1.96. The smallest absolute Gasteiger partial charge is 0.0433 e. The molecule has 0 heterocycles. The summed E-state index contributed by atoms with van der Waals surface area (Å²) in [5.74, 6) is 1.86. The van der Waals surface area contributed by atoms with Gasteiger partial charge in [0.05, 0.1) is 0 Å². The van der Waals surface area contributed by atoms with E-state index in [1.165, 1.54) is 19.3 Å². The van der Waals surface area contributed by atoms with Gasteiger partial charge in [-0.05, 0) is 24.7 Å². The SMILES string of the molecule is CCCC1CC1CCO. The molecule has 1 N–H and O–H groups in total. The highest BCUT2D eigenvalue weighted by Gasteiger charge is 2.34. The molecular formula is C8H16O. The van der Waals surface area contributed by atoms with Crippen molar-refractivity contribution in [3.63, 3.8) is 0 Å². The average Bonchev–Trinajstić information content (AvgIpc) is 2.50. The Kier molecular flexibility index (Phi) is 2.52. The highest BCUT2D eigenvalue weighted by atomic mass is 16.3. The summed E-state index contributed by atoms with van der Waals surface area (Å²) in [7, 11) is 0. The zero-order valence-corrected chi connectivity index (χ0v) is 6.14. The van der Waals surface area contributed by atoms with Crippen molar-refractivity contribution < 1.29 is 5.11 Å². The van der Waals surface area contributed by atoms with E-state index in [9.17, 15) is 0 Å². The van der Waals surface area contributed by atoms with E-state index < -0.39 is 0 Å². The second-order valence-corrected chi connectivity index (χ2v) is 3.06. The molecule has 0 aromatic heterocycles. The summed E-state index contributed by atoms with van der Waals surface area (Å²) in [6.07, 6.45) is 5.12. The second kappa shape index (κ2) is 3.21. The van der Waals surface area contributed by atoms with Gasteiger partial charge >= 0.3 is 0 Å². The molecule has 2 atom stereocenters. The molecule has 0 aromatic rings. The van der Waals surface area contributed by atoms with E-state index in [1.54, 1.807) is 0 Å². The van der Waals surface area contributed by atoms with E-state index in [1.807, 2.05) is 0 Å². The number of rotatable bonds is 4. The molecule has 0 radical (unpaired) electrons. The standard InChI is InChI=1S/C8H16O/c1-2-3-7-6-8(7)4-5-9/h7-9H,2-6H2,1H3. The van der Waals surface area contributed by atoms with Gasteiger partial charge in [-0.1, -0.05) is 19.8 Å². The largest absolute Gasteiger partial charge is 0.396 e. The molecule has 0 aliphatic heterocycles. The van der Waals surface area contributed by atoms with Gasteiger partial charge in [-0.2, -0.15) is 0 Å². The monoisotopic (exact) mass is 128 g/mol. The molecule has 2 unspecified atom stereocenters. The van der Waals surface area contributed by atoms with Gasteiger partial charge in [-0.15, -0.1) is 0 Å². The Bertz CT molecular complexity index is 70.6. The van der Waals surface area contributed by atoms with E-state index in [-0.39, 0.29) is 0 Å². The first kappa shape index (κ1) is 7.07. The molecule has 1 aliphatic rings. The van der Waals surface area contributed by atoms with Gasteiger partial charge in [0.2, 0.25) is 0 Å². The van der Waals surface area contributed by atoms with Crippen molar-refractivity contribution in [2.75, 3.05) is 6.61 Å². The van der Waals surface area contributed by atoms with Crippen LogP contribution in [0.3, 0.4) is 0 Å². The average molecular weight is 128 g/mol. The maximum atomic E-state index is 8.56. The zero-order chi connectivity index (χ0) is 6.69. The van der Waals surface area contributed by atoms with Crippen LogP contribution in [0.2, 0.25) is 0 Å². The normalized spacial score (nSPS) is 32.7. The summed E-state index contributed by atoms with van der Waals surface area (Å²) in [6, 6.07) is 0. The van der Waals surface area contributed by atoms with E-state index >= 15 is 0 Å². The molecular weight excluding hydrogens is 112 g/mol. The predicted octanol–water partition coefficient (Wildman–Crippen LogP) is 1.81. The summed E-state index contributed by atoms with van der Waals surface area (Å²) < 4.78 is 0. The van der Waals surface area contributed by atoms with E-state index in [2.05, 4.69) is 6.92 Å². The predicted molar refractivity (Wildman–Crippen MR) is 38.2 cm³/mol. The van der Waals surface area contributed by atoms with Crippen LogP contribution in [-0.2, 0) is 0 Å².